The first kappa shape index (κ1) is 25.0. The van der Waals surface area contributed by atoms with E-state index in [4.69, 9.17) is 14.6 Å². The van der Waals surface area contributed by atoms with Crippen molar-refractivity contribution in [3.63, 3.8) is 0 Å². The number of unbranched alkanes of at least 4 members (excludes halogenated alkanes) is 2. The Hall–Kier alpha value is -4.66. The number of para-hydroxylation sites is 4. The van der Waals surface area contributed by atoms with Gasteiger partial charge in [-0.2, -0.15) is 9.83 Å². The smallest absolute Gasteiger partial charge is 0.374 e. The summed E-state index contributed by atoms with van der Waals surface area (Å²) in [7, 11) is 0. The predicted octanol–water partition coefficient (Wildman–Crippen LogP) is 6.02. The van der Waals surface area contributed by atoms with E-state index < -0.39 is 0 Å². The third kappa shape index (κ3) is 4.36. The van der Waals surface area contributed by atoms with Gasteiger partial charge in [-0.3, -0.25) is 10.2 Å². The Morgan fingerprint density at radius 1 is 1.08 bits per heavy atom. The van der Waals surface area contributed by atoms with Crippen molar-refractivity contribution >= 4 is 34.5 Å². The molecule has 1 aliphatic carbocycles. The molecule has 2 heterocycles. The van der Waals surface area contributed by atoms with Crippen LogP contribution in [0.4, 0.5) is 5.69 Å². The number of anilines is 1. The summed E-state index contributed by atoms with van der Waals surface area (Å²) in [5.74, 6) is 3.77. The Bertz CT molecular complexity index is 1610. The number of Topliss-reactive ketones (excluding diaryl/α,β-unsaturated/α-hetero) is 1. The molecule has 7 nitrogen and oxygen atoms in total. The van der Waals surface area contributed by atoms with E-state index >= 15 is 0 Å². The van der Waals surface area contributed by atoms with Crippen molar-refractivity contribution in [2.24, 2.45) is 0 Å². The Balaban J connectivity index is 1.62. The summed E-state index contributed by atoms with van der Waals surface area (Å²) < 4.78 is 14.3. The molecule has 190 valence electrons. The molecule has 1 aliphatic heterocycles. The van der Waals surface area contributed by atoms with Crippen molar-refractivity contribution in [2.75, 3.05) is 11.4 Å². The molecule has 0 bridgehead atoms. The highest BCUT2D eigenvalue weighted by atomic mass is 16.5. The number of ether oxygens (including phenoxy) is 1. The molecule has 0 spiro atoms. The molecular weight excluding hydrogens is 476 g/mol. The predicted molar refractivity (Wildman–Crippen MR) is 146 cm³/mol. The van der Waals surface area contributed by atoms with Crippen LogP contribution in [-0.4, -0.2) is 18.2 Å². The molecule has 0 unspecified atom stereocenters. The number of carbonyl (C=O) groups is 1. The van der Waals surface area contributed by atoms with Crippen LogP contribution in [0.3, 0.4) is 0 Å². The lowest BCUT2D eigenvalue weighted by molar-refractivity contribution is -0.678. The number of nitrogens with zero attached hydrogens (tertiary/aromatic N) is 3. The van der Waals surface area contributed by atoms with Crippen LogP contribution >= 0.6 is 0 Å². The molecule has 0 saturated heterocycles. The van der Waals surface area contributed by atoms with Crippen molar-refractivity contribution in [3.05, 3.63) is 88.7 Å². The number of allylic oxidation sites excluding steroid dienone is 5. The number of hydrogen-bond donors (Lipinski definition) is 1. The number of nitriles is 1. The number of benzene rings is 2. The van der Waals surface area contributed by atoms with Crippen LogP contribution in [0.1, 0.15) is 45.4 Å². The van der Waals surface area contributed by atoms with Gasteiger partial charge in [0.05, 0.1) is 11.8 Å². The van der Waals surface area contributed by atoms with E-state index in [0.717, 1.165) is 61.3 Å². The first-order valence-electron chi connectivity index (χ1n) is 13.0. The average molecular weight is 506 g/mol. The molecule has 0 amide bonds. The van der Waals surface area contributed by atoms with E-state index in [9.17, 15) is 10.1 Å². The molecule has 1 aromatic heterocycles. The van der Waals surface area contributed by atoms with Gasteiger partial charge in [0.2, 0.25) is 11.5 Å². The molecule has 1 N–H and O–H groups in total. The number of fused-ring (bicyclic) bond motifs is 2. The van der Waals surface area contributed by atoms with Crippen LogP contribution in [-0.2, 0) is 11.3 Å². The summed E-state index contributed by atoms with van der Waals surface area (Å²) in [6.07, 6.45) is 7.29. The van der Waals surface area contributed by atoms with Gasteiger partial charge in [0, 0.05) is 41.8 Å². The van der Waals surface area contributed by atoms with Crippen LogP contribution in [0.5, 0.6) is 5.75 Å². The standard InChI is InChI=1S/C31H29N4O3/c1-3-5-15-34-24-11-7-9-13-26(24)37-28(34)17-22-30(21(19-32)20-33)23(31(22)36)18-29-35(16-6-4-2)25-12-8-10-14-27(25)38-29/h7-14,17-18,32H,3-6,15-16H2,1-2H3/q+1. The summed E-state index contributed by atoms with van der Waals surface area (Å²) in [5, 5.41) is 17.5. The zero-order valence-electron chi connectivity index (χ0n) is 21.6. The number of nitrogens with one attached hydrogen (secondary N) is 1. The average Bonchev–Trinajstić information content (AvgIpc) is 3.48. The molecular formula is C31H29N4O3+. The van der Waals surface area contributed by atoms with Gasteiger partial charge < -0.3 is 14.1 Å². The molecule has 7 heteroatoms. The molecule has 3 aromatic rings. The van der Waals surface area contributed by atoms with E-state index in [1.165, 1.54) is 0 Å². The minimum Gasteiger partial charge on any atom is -0.439 e. The van der Waals surface area contributed by atoms with Gasteiger partial charge in [-0.1, -0.05) is 51.0 Å². The number of aromatic nitrogens is 1. The lowest BCUT2D eigenvalue weighted by Gasteiger charge is -2.24. The number of hydrogen-bond acceptors (Lipinski definition) is 6. The monoisotopic (exact) mass is 505 g/mol. The highest BCUT2D eigenvalue weighted by molar-refractivity contribution is 6.26. The molecule has 0 fully saturated rings. The van der Waals surface area contributed by atoms with E-state index in [2.05, 4.69) is 29.2 Å². The van der Waals surface area contributed by atoms with Crippen molar-refractivity contribution in [3.8, 4) is 11.8 Å². The van der Waals surface area contributed by atoms with Crippen LogP contribution in [0, 0.1) is 16.7 Å². The van der Waals surface area contributed by atoms with Gasteiger partial charge in [-0.05, 0) is 30.5 Å². The minimum absolute atomic E-state index is 0.00506. The van der Waals surface area contributed by atoms with Gasteiger partial charge in [0.25, 0.3) is 5.52 Å². The first-order chi connectivity index (χ1) is 18.6. The van der Waals surface area contributed by atoms with Crippen molar-refractivity contribution in [1.82, 2.24) is 0 Å². The maximum atomic E-state index is 13.5. The zero-order chi connectivity index (χ0) is 26.6. The summed E-state index contributed by atoms with van der Waals surface area (Å²) >= 11 is 0. The maximum absolute atomic E-state index is 13.5. The Morgan fingerprint density at radius 3 is 2.61 bits per heavy atom. The number of carbonyl (C=O) groups excluding carboxylic acids is 1. The third-order valence-electron chi connectivity index (χ3n) is 6.79. The highest BCUT2D eigenvalue weighted by Gasteiger charge is 2.38. The Morgan fingerprint density at radius 2 is 1.84 bits per heavy atom. The van der Waals surface area contributed by atoms with Gasteiger partial charge in [-0.25, -0.2) is 0 Å². The summed E-state index contributed by atoms with van der Waals surface area (Å²) in [6, 6.07) is 17.5. The van der Waals surface area contributed by atoms with Gasteiger partial charge >= 0.3 is 5.89 Å². The van der Waals surface area contributed by atoms with Gasteiger partial charge in [0.15, 0.2) is 18.1 Å². The normalized spacial score (nSPS) is 16.4. The Labute approximate surface area is 221 Å². The quantitative estimate of drug-likeness (QED) is 0.166. The van der Waals surface area contributed by atoms with Crippen molar-refractivity contribution in [1.29, 1.82) is 10.7 Å². The van der Waals surface area contributed by atoms with E-state index in [-0.39, 0.29) is 11.4 Å². The molecule has 0 radical (unpaired) electrons. The van der Waals surface area contributed by atoms with Crippen LogP contribution in [0.15, 0.2) is 87.2 Å². The van der Waals surface area contributed by atoms with Crippen molar-refractivity contribution in [2.45, 2.75) is 46.1 Å². The third-order valence-corrected chi connectivity index (χ3v) is 6.79. The lowest BCUT2D eigenvalue weighted by atomic mass is 9.77. The summed E-state index contributed by atoms with van der Waals surface area (Å²) in [5.41, 5.74) is 3.65. The fourth-order valence-corrected chi connectivity index (χ4v) is 4.81. The molecule has 38 heavy (non-hydrogen) atoms. The van der Waals surface area contributed by atoms with Crippen LogP contribution in [0.2, 0.25) is 0 Å². The fraction of sp³-hybridized carbons (Fsp3) is 0.258. The topological polar surface area (TPSA) is 94.2 Å². The number of ketones is 1. The lowest BCUT2D eigenvalue weighted by Crippen LogP contribution is -2.36. The molecule has 2 aliphatic rings. The fourth-order valence-electron chi connectivity index (χ4n) is 4.81. The number of rotatable bonds is 9. The molecule has 5 rings (SSSR count). The number of oxazole rings is 1. The van der Waals surface area contributed by atoms with E-state index in [1.807, 2.05) is 54.6 Å². The second-order valence-electron chi connectivity index (χ2n) is 9.26. The molecule has 0 saturated carbocycles. The highest BCUT2D eigenvalue weighted by Crippen LogP contribution is 2.42. The van der Waals surface area contributed by atoms with E-state index in [1.54, 1.807) is 12.2 Å². The Kier molecular flexibility index (Phi) is 7.08. The van der Waals surface area contributed by atoms with Crippen molar-refractivity contribution < 1.29 is 18.5 Å². The first-order valence-corrected chi connectivity index (χ1v) is 13.0. The minimum atomic E-state index is -0.229. The zero-order valence-corrected chi connectivity index (χ0v) is 21.6. The summed E-state index contributed by atoms with van der Waals surface area (Å²) in [4.78, 5) is 15.6. The maximum Gasteiger partial charge on any atom is 0.374 e. The van der Waals surface area contributed by atoms with Gasteiger partial charge in [0.1, 0.15) is 11.6 Å². The molecule has 2 aromatic carbocycles. The second-order valence-corrected chi connectivity index (χ2v) is 9.26. The van der Waals surface area contributed by atoms with Crippen LogP contribution < -0.4 is 14.2 Å². The van der Waals surface area contributed by atoms with Crippen LogP contribution in [0.25, 0.3) is 17.2 Å². The molecule has 0 atom stereocenters. The van der Waals surface area contributed by atoms with E-state index in [0.29, 0.717) is 28.5 Å². The second kappa shape index (κ2) is 10.8. The number of aryl methyl sites for hydroxylation is 1. The summed E-state index contributed by atoms with van der Waals surface area (Å²) in [6.45, 7) is 5.72. The van der Waals surface area contributed by atoms with Gasteiger partial charge in [-0.15, -0.1) is 0 Å². The largest absolute Gasteiger partial charge is 0.439 e. The SMILES string of the molecule is CCCCN1C(=CC2=C(C(=C=N)C#N)C(=Cc3oc4ccccc4[n+]3CCCC)C2=O)Oc2ccccc21.